The number of nitro groups is 1. The Morgan fingerprint density at radius 3 is 2.40 bits per heavy atom. The molecule has 4 rings (SSSR count). The number of aromatic nitrogens is 1. The molecule has 0 bridgehead atoms. The highest BCUT2D eigenvalue weighted by Crippen LogP contribution is 2.26. The van der Waals surface area contributed by atoms with Crippen molar-refractivity contribution in [1.29, 1.82) is 0 Å². The Kier molecular flexibility index (Phi) is 5.34. The fourth-order valence-corrected chi connectivity index (χ4v) is 3.21. The smallest absolute Gasteiger partial charge is 0.307 e. The van der Waals surface area contributed by atoms with Crippen LogP contribution in [0.25, 0.3) is 10.8 Å². The van der Waals surface area contributed by atoms with Crippen LogP contribution in [0.15, 0.2) is 91.1 Å². The average Bonchev–Trinajstić information content (AvgIpc) is 2.78. The molecule has 0 atom stereocenters. The van der Waals surface area contributed by atoms with Crippen LogP contribution in [0.4, 0.5) is 21.9 Å². The van der Waals surface area contributed by atoms with E-state index in [2.05, 4.69) is 10.3 Å². The van der Waals surface area contributed by atoms with Crippen molar-refractivity contribution in [3.8, 4) is 0 Å². The van der Waals surface area contributed by atoms with Crippen molar-refractivity contribution in [2.75, 3.05) is 10.2 Å². The van der Waals surface area contributed by atoms with Crippen LogP contribution in [0.5, 0.6) is 0 Å². The molecule has 0 saturated heterocycles. The lowest BCUT2D eigenvalue weighted by atomic mass is 10.1. The number of carbonyl (C=O) groups is 1. The number of anilines is 2. The van der Waals surface area contributed by atoms with Gasteiger partial charge in [-0.2, -0.15) is 0 Å². The highest BCUT2D eigenvalue weighted by Gasteiger charge is 2.19. The number of fused-ring (bicyclic) bond motifs is 1. The molecule has 2 amide bonds. The van der Waals surface area contributed by atoms with E-state index < -0.39 is 4.92 Å². The van der Waals surface area contributed by atoms with Crippen LogP contribution in [-0.4, -0.2) is 15.9 Å². The predicted molar refractivity (Wildman–Crippen MR) is 116 cm³/mol. The second-order valence-corrected chi connectivity index (χ2v) is 6.64. The van der Waals surface area contributed by atoms with Gasteiger partial charge in [0.1, 0.15) is 0 Å². The zero-order chi connectivity index (χ0) is 20.9. The molecule has 1 N–H and O–H groups in total. The van der Waals surface area contributed by atoms with Gasteiger partial charge in [0.2, 0.25) is 0 Å². The Morgan fingerprint density at radius 1 is 0.933 bits per heavy atom. The van der Waals surface area contributed by atoms with E-state index in [4.69, 9.17) is 0 Å². The van der Waals surface area contributed by atoms with Gasteiger partial charge in [0.15, 0.2) is 0 Å². The van der Waals surface area contributed by atoms with E-state index in [1.165, 1.54) is 17.0 Å². The maximum absolute atomic E-state index is 13.2. The number of nitrogens with zero attached hydrogens (tertiary/aromatic N) is 3. The first-order valence-corrected chi connectivity index (χ1v) is 9.32. The standard InChI is InChI=1S/C23H18N4O3/c28-23(25-22-10-5-7-17-6-1-2-9-21(17)22)26(16-18-8-3-4-15-24-18)19-11-13-20(14-12-19)27(29)30/h1-15H,16H2,(H,25,28). The predicted octanol–water partition coefficient (Wildman–Crippen LogP) is 5.38. The van der Waals surface area contributed by atoms with E-state index in [9.17, 15) is 14.9 Å². The molecule has 1 aromatic heterocycles. The number of urea groups is 1. The van der Waals surface area contributed by atoms with E-state index in [-0.39, 0.29) is 18.3 Å². The van der Waals surface area contributed by atoms with Crippen LogP contribution in [-0.2, 0) is 6.54 Å². The van der Waals surface area contributed by atoms with Gasteiger partial charge in [-0.25, -0.2) is 4.79 Å². The topological polar surface area (TPSA) is 88.4 Å². The summed E-state index contributed by atoms with van der Waals surface area (Å²) in [6.45, 7) is 0.218. The molecule has 4 aromatic rings. The summed E-state index contributed by atoms with van der Waals surface area (Å²) in [6, 6.07) is 24.5. The fourth-order valence-electron chi connectivity index (χ4n) is 3.21. The number of hydrogen-bond acceptors (Lipinski definition) is 4. The summed E-state index contributed by atoms with van der Waals surface area (Å²) in [5, 5.41) is 15.9. The summed E-state index contributed by atoms with van der Waals surface area (Å²) in [5.41, 5.74) is 1.88. The van der Waals surface area contributed by atoms with Crippen LogP contribution < -0.4 is 10.2 Å². The third kappa shape index (κ3) is 4.10. The van der Waals surface area contributed by atoms with Crippen molar-refractivity contribution in [1.82, 2.24) is 4.98 Å². The number of hydrogen-bond donors (Lipinski definition) is 1. The summed E-state index contributed by atoms with van der Waals surface area (Å²) in [5.74, 6) is 0. The SMILES string of the molecule is O=C(Nc1cccc2ccccc12)N(Cc1ccccn1)c1ccc([N+](=O)[O-])cc1. The second kappa shape index (κ2) is 8.40. The van der Waals surface area contributed by atoms with Gasteiger partial charge in [0, 0.05) is 29.4 Å². The minimum Gasteiger partial charge on any atom is -0.307 e. The molecule has 148 valence electrons. The Hall–Kier alpha value is -4.26. The molecule has 7 nitrogen and oxygen atoms in total. The maximum atomic E-state index is 13.2. The normalized spacial score (nSPS) is 10.5. The van der Waals surface area contributed by atoms with E-state index >= 15 is 0 Å². The third-order valence-electron chi connectivity index (χ3n) is 4.69. The van der Waals surface area contributed by atoms with Crippen LogP contribution >= 0.6 is 0 Å². The number of pyridine rings is 1. The summed E-state index contributed by atoms with van der Waals surface area (Å²) < 4.78 is 0. The van der Waals surface area contributed by atoms with E-state index in [1.54, 1.807) is 24.4 Å². The lowest BCUT2D eigenvalue weighted by molar-refractivity contribution is -0.384. The van der Waals surface area contributed by atoms with Crippen molar-refractivity contribution < 1.29 is 9.72 Å². The van der Waals surface area contributed by atoms with Gasteiger partial charge in [0.25, 0.3) is 5.69 Å². The molecule has 0 fully saturated rings. The lowest BCUT2D eigenvalue weighted by Gasteiger charge is -2.23. The Labute approximate surface area is 172 Å². The zero-order valence-electron chi connectivity index (χ0n) is 15.9. The molecular weight excluding hydrogens is 380 g/mol. The summed E-state index contributed by atoms with van der Waals surface area (Å²) in [6.07, 6.45) is 1.66. The molecule has 0 unspecified atom stereocenters. The lowest BCUT2D eigenvalue weighted by Crippen LogP contribution is -2.34. The highest BCUT2D eigenvalue weighted by atomic mass is 16.6. The Morgan fingerprint density at radius 2 is 1.67 bits per heavy atom. The van der Waals surface area contributed by atoms with E-state index in [0.29, 0.717) is 17.1 Å². The number of nitro benzene ring substituents is 1. The van der Waals surface area contributed by atoms with Gasteiger partial charge in [-0.3, -0.25) is 20.0 Å². The highest BCUT2D eigenvalue weighted by molar-refractivity contribution is 6.07. The number of benzene rings is 3. The van der Waals surface area contributed by atoms with Gasteiger partial charge in [-0.05, 0) is 35.7 Å². The summed E-state index contributed by atoms with van der Waals surface area (Å²) in [4.78, 5) is 29.5. The summed E-state index contributed by atoms with van der Waals surface area (Å²) in [7, 11) is 0. The largest absolute Gasteiger partial charge is 0.326 e. The van der Waals surface area contributed by atoms with Crippen molar-refractivity contribution in [2.24, 2.45) is 0 Å². The van der Waals surface area contributed by atoms with Crippen molar-refractivity contribution in [2.45, 2.75) is 6.54 Å². The number of nitrogens with one attached hydrogen (secondary N) is 1. The Bertz CT molecular complexity index is 1190. The van der Waals surface area contributed by atoms with Crippen molar-refractivity contribution >= 4 is 33.9 Å². The van der Waals surface area contributed by atoms with Crippen LogP contribution in [0.3, 0.4) is 0 Å². The number of carbonyl (C=O) groups excluding carboxylic acids is 1. The van der Waals surface area contributed by atoms with E-state index in [1.807, 2.05) is 54.6 Å². The first-order chi connectivity index (χ1) is 14.6. The molecule has 1 heterocycles. The average molecular weight is 398 g/mol. The molecule has 3 aromatic carbocycles. The minimum absolute atomic E-state index is 0.0361. The molecule has 0 aliphatic heterocycles. The number of rotatable bonds is 5. The minimum atomic E-state index is -0.469. The van der Waals surface area contributed by atoms with Gasteiger partial charge in [-0.1, -0.05) is 42.5 Å². The van der Waals surface area contributed by atoms with Gasteiger partial charge in [0.05, 0.1) is 22.8 Å². The van der Waals surface area contributed by atoms with Gasteiger partial charge < -0.3 is 5.32 Å². The zero-order valence-corrected chi connectivity index (χ0v) is 15.9. The van der Waals surface area contributed by atoms with Crippen LogP contribution in [0, 0.1) is 10.1 Å². The molecular formula is C23H18N4O3. The first-order valence-electron chi connectivity index (χ1n) is 9.32. The van der Waals surface area contributed by atoms with Gasteiger partial charge >= 0.3 is 6.03 Å². The van der Waals surface area contributed by atoms with E-state index in [0.717, 1.165) is 10.8 Å². The van der Waals surface area contributed by atoms with Crippen LogP contribution in [0.2, 0.25) is 0 Å². The first kappa shape index (κ1) is 19.1. The molecule has 0 aliphatic rings. The number of non-ortho nitro benzene ring substituents is 1. The molecule has 30 heavy (non-hydrogen) atoms. The summed E-state index contributed by atoms with van der Waals surface area (Å²) >= 11 is 0. The van der Waals surface area contributed by atoms with Crippen LogP contribution in [0.1, 0.15) is 5.69 Å². The monoisotopic (exact) mass is 398 g/mol. The second-order valence-electron chi connectivity index (χ2n) is 6.64. The van der Waals surface area contributed by atoms with Crippen molar-refractivity contribution in [3.63, 3.8) is 0 Å². The molecule has 7 heteroatoms. The molecule has 0 saturated carbocycles. The number of amides is 2. The Balaban J connectivity index is 1.67. The van der Waals surface area contributed by atoms with Gasteiger partial charge in [-0.15, -0.1) is 0 Å². The fraction of sp³-hybridized carbons (Fsp3) is 0.0435. The van der Waals surface area contributed by atoms with Crippen molar-refractivity contribution in [3.05, 3.63) is 107 Å². The quantitative estimate of drug-likeness (QED) is 0.361. The molecule has 0 aliphatic carbocycles. The molecule has 0 radical (unpaired) electrons. The maximum Gasteiger partial charge on any atom is 0.326 e. The third-order valence-corrected chi connectivity index (χ3v) is 4.69. The molecule has 0 spiro atoms.